The van der Waals surface area contributed by atoms with Crippen molar-refractivity contribution in [3.63, 3.8) is 0 Å². The van der Waals surface area contributed by atoms with Crippen molar-refractivity contribution in [3.8, 4) is 0 Å². The quantitative estimate of drug-likeness (QED) is 0.819. The molecule has 1 aliphatic carbocycles. The summed E-state index contributed by atoms with van der Waals surface area (Å²) in [6.45, 7) is 0. The highest BCUT2D eigenvalue weighted by Crippen LogP contribution is 2.36. The highest BCUT2D eigenvalue weighted by atomic mass is 35.5. The first-order chi connectivity index (χ1) is 8.93. The summed E-state index contributed by atoms with van der Waals surface area (Å²) in [6, 6.07) is 4.99. The van der Waals surface area contributed by atoms with Crippen molar-refractivity contribution >= 4 is 46.8 Å². The van der Waals surface area contributed by atoms with Crippen LogP contribution in [0.15, 0.2) is 23.1 Å². The molecule has 1 aromatic carbocycles. The Labute approximate surface area is 124 Å². The second-order valence-electron chi connectivity index (χ2n) is 4.30. The molecule has 7 heteroatoms. The first kappa shape index (κ1) is 14.5. The molecule has 0 aromatic heterocycles. The SMILES string of the molecule is O=C(CSc1cc(Cl)ccc1Cl)NC1(C(=O)O)CC1. The summed E-state index contributed by atoms with van der Waals surface area (Å²) >= 11 is 13.0. The predicted octanol–water partition coefficient (Wildman–Crippen LogP) is 2.82. The van der Waals surface area contributed by atoms with E-state index in [4.69, 9.17) is 28.3 Å². The van der Waals surface area contributed by atoms with E-state index in [1.165, 1.54) is 11.8 Å². The van der Waals surface area contributed by atoms with Crippen LogP contribution in [-0.4, -0.2) is 28.3 Å². The number of amides is 1. The summed E-state index contributed by atoms with van der Waals surface area (Å²) in [5.41, 5.74) is -1.05. The van der Waals surface area contributed by atoms with E-state index >= 15 is 0 Å². The number of carboxylic acids is 1. The fourth-order valence-corrected chi connectivity index (χ4v) is 2.84. The maximum atomic E-state index is 11.7. The Morgan fingerprint density at radius 1 is 1.37 bits per heavy atom. The van der Waals surface area contributed by atoms with E-state index in [1.807, 2.05) is 0 Å². The molecule has 4 nitrogen and oxygen atoms in total. The Morgan fingerprint density at radius 3 is 2.63 bits per heavy atom. The second kappa shape index (κ2) is 5.61. The minimum absolute atomic E-state index is 0.106. The molecule has 0 aliphatic heterocycles. The van der Waals surface area contributed by atoms with E-state index < -0.39 is 11.5 Å². The average molecular weight is 320 g/mol. The number of benzene rings is 1. The molecule has 102 valence electrons. The van der Waals surface area contributed by atoms with Crippen molar-refractivity contribution in [3.05, 3.63) is 28.2 Å². The molecule has 1 aliphatic rings. The Morgan fingerprint density at radius 2 is 2.05 bits per heavy atom. The van der Waals surface area contributed by atoms with Crippen LogP contribution in [0, 0.1) is 0 Å². The van der Waals surface area contributed by atoms with Gasteiger partial charge in [-0.05, 0) is 31.0 Å². The van der Waals surface area contributed by atoms with Gasteiger partial charge in [0.1, 0.15) is 5.54 Å². The summed E-state index contributed by atoms with van der Waals surface area (Å²) in [7, 11) is 0. The van der Waals surface area contributed by atoms with Crippen molar-refractivity contribution in [2.24, 2.45) is 0 Å². The lowest BCUT2D eigenvalue weighted by atomic mass is 10.3. The minimum Gasteiger partial charge on any atom is -0.480 e. The normalized spacial score (nSPS) is 15.9. The summed E-state index contributed by atoms with van der Waals surface area (Å²) in [4.78, 5) is 23.3. The number of carbonyl (C=O) groups excluding carboxylic acids is 1. The van der Waals surface area contributed by atoms with Gasteiger partial charge in [-0.25, -0.2) is 4.79 Å². The number of carboxylic acid groups (broad SMARTS) is 1. The van der Waals surface area contributed by atoms with Gasteiger partial charge in [0.05, 0.1) is 10.8 Å². The Kier molecular flexibility index (Phi) is 4.28. The van der Waals surface area contributed by atoms with E-state index in [0.717, 1.165) is 0 Å². The lowest BCUT2D eigenvalue weighted by molar-refractivity contribution is -0.142. The van der Waals surface area contributed by atoms with Crippen LogP contribution in [0.2, 0.25) is 10.0 Å². The van der Waals surface area contributed by atoms with Gasteiger partial charge in [-0.1, -0.05) is 23.2 Å². The van der Waals surface area contributed by atoms with Crippen LogP contribution in [0.3, 0.4) is 0 Å². The number of carbonyl (C=O) groups is 2. The van der Waals surface area contributed by atoms with Crippen LogP contribution in [0.5, 0.6) is 0 Å². The second-order valence-corrected chi connectivity index (χ2v) is 6.16. The molecule has 0 saturated heterocycles. The average Bonchev–Trinajstić information content (AvgIpc) is 3.11. The molecule has 0 spiro atoms. The number of hydrogen-bond donors (Lipinski definition) is 2. The van der Waals surface area contributed by atoms with Crippen LogP contribution in [0.25, 0.3) is 0 Å². The summed E-state index contributed by atoms with van der Waals surface area (Å²) < 4.78 is 0. The van der Waals surface area contributed by atoms with Crippen molar-refractivity contribution in [2.75, 3.05) is 5.75 Å². The van der Waals surface area contributed by atoms with Gasteiger partial charge in [0.15, 0.2) is 0 Å². The van der Waals surface area contributed by atoms with Gasteiger partial charge in [-0.3, -0.25) is 4.79 Å². The number of aliphatic carboxylic acids is 1. The van der Waals surface area contributed by atoms with Gasteiger partial charge in [0.25, 0.3) is 0 Å². The molecule has 1 amide bonds. The van der Waals surface area contributed by atoms with E-state index in [-0.39, 0.29) is 11.7 Å². The van der Waals surface area contributed by atoms with E-state index in [9.17, 15) is 9.59 Å². The molecule has 1 aromatic rings. The lowest BCUT2D eigenvalue weighted by Gasteiger charge is -2.12. The zero-order chi connectivity index (χ0) is 14.0. The Balaban J connectivity index is 1.90. The molecule has 0 atom stereocenters. The number of nitrogens with one attached hydrogen (secondary N) is 1. The maximum Gasteiger partial charge on any atom is 0.329 e. The molecule has 1 saturated carbocycles. The molecular formula is C12H11Cl2NO3S. The third kappa shape index (κ3) is 3.55. The van der Waals surface area contributed by atoms with Crippen LogP contribution >= 0.6 is 35.0 Å². The van der Waals surface area contributed by atoms with Crippen molar-refractivity contribution in [2.45, 2.75) is 23.3 Å². The van der Waals surface area contributed by atoms with Gasteiger partial charge < -0.3 is 10.4 Å². The summed E-state index contributed by atoms with van der Waals surface area (Å²) in [5, 5.41) is 12.5. The van der Waals surface area contributed by atoms with Gasteiger partial charge >= 0.3 is 5.97 Å². The zero-order valence-corrected chi connectivity index (χ0v) is 12.1. The number of halogens is 2. The Bertz CT molecular complexity index is 532. The van der Waals surface area contributed by atoms with Crippen molar-refractivity contribution in [1.29, 1.82) is 0 Å². The minimum atomic E-state index is -1.05. The fourth-order valence-electron chi connectivity index (χ4n) is 1.55. The maximum absolute atomic E-state index is 11.7. The van der Waals surface area contributed by atoms with Gasteiger partial charge in [-0.2, -0.15) is 0 Å². The highest BCUT2D eigenvalue weighted by molar-refractivity contribution is 8.00. The van der Waals surface area contributed by atoms with Crippen molar-refractivity contribution in [1.82, 2.24) is 5.32 Å². The Hall–Kier alpha value is -0.910. The largest absolute Gasteiger partial charge is 0.480 e. The van der Waals surface area contributed by atoms with Crippen LogP contribution in [0.1, 0.15) is 12.8 Å². The molecule has 2 rings (SSSR count). The zero-order valence-electron chi connectivity index (χ0n) is 9.78. The molecule has 19 heavy (non-hydrogen) atoms. The van der Waals surface area contributed by atoms with Gasteiger partial charge in [0, 0.05) is 9.92 Å². The monoisotopic (exact) mass is 319 g/mol. The van der Waals surface area contributed by atoms with Crippen LogP contribution in [-0.2, 0) is 9.59 Å². The molecule has 0 radical (unpaired) electrons. The van der Waals surface area contributed by atoms with Gasteiger partial charge in [-0.15, -0.1) is 11.8 Å². The number of hydrogen-bond acceptors (Lipinski definition) is 3. The molecule has 1 fully saturated rings. The molecule has 2 N–H and O–H groups in total. The van der Waals surface area contributed by atoms with Crippen LogP contribution in [0.4, 0.5) is 0 Å². The first-order valence-electron chi connectivity index (χ1n) is 5.55. The standard InChI is InChI=1S/C12H11Cl2NO3S/c13-7-1-2-8(14)9(5-7)19-6-10(16)15-12(3-4-12)11(17)18/h1-2,5H,3-4,6H2,(H,15,16)(H,17,18). The van der Waals surface area contributed by atoms with E-state index in [1.54, 1.807) is 18.2 Å². The lowest BCUT2D eigenvalue weighted by Crippen LogP contribution is -2.43. The molecule has 0 heterocycles. The molecular weight excluding hydrogens is 309 g/mol. The molecule has 0 unspecified atom stereocenters. The van der Waals surface area contributed by atoms with Crippen molar-refractivity contribution < 1.29 is 14.7 Å². The third-order valence-electron chi connectivity index (χ3n) is 2.79. The van der Waals surface area contributed by atoms with Gasteiger partial charge in [0.2, 0.25) is 5.91 Å². The molecule has 0 bridgehead atoms. The smallest absolute Gasteiger partial charge is 0.329 e. The first-order valence-corrected chi connectivity index (χ1v) is 7.29. The summed E-state index contributed by atoms with van der Waals surface area (Å²) in [5.74, 6) is -1.19. The van der Waals surface area contributed by atoms with E-state index in [0.29, 0.717) is 27.8 Å². The number of rotatable bonds is 5. The van der Waals surface area contributed by atoms with E-state index in [2.05, 4.69) is 5.32 Å². The van der Waals surface area contributed by atoms with Crippen LogP contribution < -0.4 is 5.32 Å². The topological polar surface area (TPSA) is 66.4 Å². The summed E-state index contributed by atoms with van der Waals surface area (Å²) in [6.07, 6.45) is 0.966. The third-order valence-corrected chi connectivity index (χ3v) is 4.52. The predicted molar refractivity (Wildman–Crippen MR) is 74.9 cm³/mol. The number of thioether (sulfide) groups is 1. The highest BCUT2D eigenvalue weighted by Gasteiger charge is 2.51. The fraction of sp³-hybridized carbons (Fsp3) is 0.333.